The summed E-state index contributed by atoms with van der Waals surface area (Å²) in [6, 6.07) is 17.0. The first-order chi connectivity index (χ1) is 17.5. The second kappa shape index (κ2) is 10.8. The zero-order chi connectivity index (χ0) is 24.9. The molecule has 1 aromatic carbocycles. The lowest BCUT2D eigenvalue weighted by molar-refractivity contribution is 0.159. The summed E-state index contributed by atoms with van der Waals surface area (Å²) < 4.78 is 7.37. The maximum Gasteiger partial charge on any atom is 0.267 e. The summed E-state index contributed by atoms with van der Waals surface area (Å²) in [5, 5.41) is 4.57. The summed E-state index contributed by atoms with van der Waals surface area (Å²) >= 11 is 0. The predicted octanol–water partition coefficient (Wildman–Crippen LogP) is 3.84. The van der Waals surface area contributed by atoms with Gasteiger partial charge in [0.15, 0.2) is 11.6 Å². The molecule has 8 nitrogen and oxygen atoms in total. The van der Waals surface area contributed by atoms with Gasteiger partial charge in [0.05, 0.1) is 36.9 Å². The number of benzene rings is 1. The molecular formula is C28H30N6O2. The van der Waals surface area contributed by atoms with E-state index in [1.807, 2.05) is 43.3 Å². The topological polar surface area (TPSA) is 86.0 Å². The van der Waals surface area contributed by atoms with Crippen LogP contribution in [0.4, 0.5) is 0 Å². The van der Waals surface area contributed by atoms with Crippen molar-refractivity contribution in [2.75, 3.05) is 26.7 Å². The third-order valence-electron chi connectivity index (χ3n) is 6.48. The van der Waals surface area contributed by atoms with E-state index in [0.717, 1.165) is 42.8 Å². The highest BCUT2D eigenvalue weighted by Gasteiger charge is 2.17. The number of pyridine rings is 1. The Kier molecular flexibility index (Phi) is 7.13. The van der Waals surface area contributed by atoms with E-state index in [2.05, 4.69) is 38.1 Å². The quantitative estimate of drug-likeness (QED) is 0.396. The first-order valence-electron chi connectivity index (χ1n) is 12.3. The molecule has 4 aromatic rings. The normalized spacial score (nSPS) is 14.6. The van der Waals surface area contributed by atoms with Crippen LogP contribution < -0.4 is 10.3 Å². The number of nitrogens with zero attached hydrogens (tertiary/aromatic N) is 6. The van der Waals surface area contributed by atoms with Crippen LogP contribution in [0.1, 0.15) is 24.1 Å². The fraction of sp³-hybridized carbons (Fsp3) is 0.321. The smallest absolute Gasteiger partial charge is 0.267 e. The number of aryl methyl sites for hydroxylation is 1. The van der Waals surface area contributed by atoms with Gasteiger partial charge in [0, 0.05) is 11.6 Å². The predicted molar refractivity (Wildman–Crippen MR) is 139 cm³/mol. The number of rotatable bonds is 7. The van der Waals surface area contributed by atoms with Crippen molar-refractivity contribution < 1.29 is 4.74 Å². The highest BCUT2D eigenvalue weighted by Crippen LogP contribution is 2.20. The second-order valence-corrected chi connectivity index (χ2v) is 9.40. The Hall–Kier alpha value is -3.91. The summed E-state index contributed by atoms with van der Waals surface area (Å²) in [5.74, 6) is 1.75. The van der Waals surface area contributed by atoms with Crippen LogP contribution in [0, 0.1) is 12.8 Å². The fourth-order valence-corrected chi connectivity index (χ4v) is 4.33. The van der Waals surface area contributed by atoms with Crippen LogP contribution in [-0.4, -0.2) is 56.4 Å². The largest absolute Gasteiger partial charge is 0.490 e. The number of piperidine rings is 1. The molecule has 0 spiro atoms. The number of aromatic nitrogens is 5. The van der Waals surface area contributed by atoms with Crippen LogP contribution in [0.2, 0.25) is 0 Å². The van der Waals surface area contributed by atoms with Crippen LogP contribution in [0.5, 0.6) is 5.75 Å². The van der Waals surface area contributed by atoms with Crippen LogP contribution in [-0.2, 0) is 6.54 Å². The van der Waals surface area contributed by atoms with Gasteiger partial charge in [-0.2, -0.15) is 5.10 Å². The summed E-state index contributed by atoms with van der Waals surface area (Å²) in [6.45, 7) is 5.20. The first kappa shape index (κ1) is 23.8. The van der Waals surface area contributed by atoms with E-state index >= 15 is 0 Å². The Morgan fingerprint density at radius 3 is 2.53 bits per heavy atom. The van der Waals surface area contributed by atoms with Crippen molar-refractivity contribution in [2.45, 2.75) is 26.3 Å². The lowest BCUT2D eigenvalue weighted by Crippen LogP contribution is -2.32. The molecule has 0 N–H and O–H groups in total. The average molecular weight is 483 g/mol. The fourth-order valence-electron chi connectivity index (χ4n) is 4.33. The molecule has 0 atom stereocenters. The molecule has 0 radical (unpaired) electrons. The molecule has 184 valence electrons. The third-order valence-corrected chi connectivity index (χ3v) is 6.48. The molecule has 8 heteroatoms. The van der Waals surface area contributed by atoms with Crippen molar-refractivity contribution in [2.24, 2.45) is 5.92 Å². The lowest BCUT2D eigenvalue weighted by atomic mass is 9.98. The van der Waals surface area contributed by atoms with Gasteiger partial charge in [0.1, 0.15) is 5.69 Å². The minimum Gasteiger partial charge on any atom is -0.490 e. The Labute approximate surface area is 210 Å². The number of likely N-dealkylation sites (tertiary alicyclic amines) is 1. The summed E-state index contributed by atoms with van der Waals surface area (Å²) in [6.07, 6.45) is 5.70. The van der Waals surface area contributed by atoms with Crippen molar-refractivity contribution >= 4 is 0 Å². The van der Waals surface area contributed by atoms with Crippen molar-refractivity contribution in [3.05, 3.63) is 88.6 Å². The summed E-state index contributed by atoms with van der Waals surface area (Å²) in [4.78, 5) is 28.4. The van der Waals surface area contributed by atoms with Crippen molar-refractivity contribution in [3.63, 3.8) is 0 Å². The number of ether oxygens (including phenoxy) is 1. The van der Waals surface area contributed by atoms with E-state index < -0.39 is 0 Å². The SMILES string of the molecule is Cc1cccc(-c2ccc(=O)n(Cc3cccc(-c4ncc(OCC5CCN(C)CC5)cn4)n3)n2)c1. The number of hydrogen-bond donors (Lipinski definition) is 0. The van der Waals surface area contributed by atoms with E-state index in [9.17, 15) is 4.79 Å². The summed E-state index contributed by atoms with van der Waals surface area (Å²) in [7, 11) is 2.16. The highest BCUT2D eigenvalue weighted by molar-refractivity contribution is 5.59. The number of hydrogen-bond acceptors (Lipinski definition) is 7. The minimum absolute atomic E-state index is 0.180. The van der Waals surface area contributed by atoms with Crippen LogP contribution in [0.15, 0.2) is 71.8 Å². The third kappa shape index (κ3) is 5.83. The van der Waals surface area contributed by atoms with E-state index in [4.69, 9.17) is 4.74 Å². The van der Waals surface area contributed by atoms with Gasteiger partial charge in [-0.15, -0.1) is 0 Å². The molecule has 0 saturated carbocycles. The molecule has 1 aliphatic heterocycles. The maximum absolute atomic E-state index is 12.5. The molecule has 1 fully saturated rings. The zero-order valence-corrected chi connectivity index (χ0v) is 20.7. The standard InChI is InChI=1S/C28H30N6O2/c1-20-5-3-6-22(15-20)25-9-10-27(35)34(32-25)18-23-7-4-8-26(31-23)28-29-16-24(17-30-28)36-19-21-11-13-33(2)14-12-21/h3-10,15-17,21H,11-14,18-19H2,1-2H3. The Bertz CT molecular complexity index is 1380. The van der Waals surface area contributed by atoms with E-state index in [1.54, 1.807) is 24.5 Å². The highest BCUT2D eigenvalue weighted by atomic mass is 16.5. The zero-order valence-electron chi connectivity index (χ0n) is 20.7. The van der Waals surface area contributed by atoms with Crippen molar-refractivity contribution in [1.82, 2.24) is 29.6 Å². The average Bonchev–Trinajstić information content (AvgIpc) is 2.90. The van der Waals surface area contributed by atoms with E-state index in [-0.39, 0.29) is 12.1 Å². The van der Waals surface area contributed by atoms with E-state index in [0.29, 0.717) is 35.5 Å². The van der Waals surface area contributed by atoms with Gasteiger partial charge >= 0.3 is 0 Å². The molecule has 1 saturated heterocycles. The van der Waals surface area contributed by atoms with Crippen LogP contribution in [0.25, 0.3) is 22.8 Å². The molecule has 0 unspecified atom stereocenters. The molecule has 1 aliphatic rings. The van der Waals surface area contributed by atoms with Gasteiger partial charge in [-0.3, -0.25) is 4.79 Å². The Morgan fingerprint density at radius 2 is 1.75 bits per heavy atom. The van der Waals surface area contributed by atoms with Crippen molar-refractivity contribution in [1.29, 1.82) is 0 Å². The van der Waals surface area contributed by atoms with Gasteiger partial charge < -0.3 is 9.64 Å². The lowest BCUT2D eigenvalue weighted by Gasteiger charge is -2.28. The molecule has 4 heterocycles. The molecule has 0 aliphatic carbocycles. The van der Waals surface area contributed by atoms with Crippen molar-refractivity contribution in [3.8, 4) is 28.5 Å². The summed E-state index contributed by atoms with van der Waals surface area (Å²) in [5.41, 5.74) is 4.01. The Balaban J connectivity index is 1.27. The minimum atomic E-state index is -0.180. The van der Waals surface area contributed by atoms with Gasteiger partial charge in [-0.1, -0.05) is 29.8 Å². The first-order valence-corrected chi connectivity index (χ1v) is 12.3. The molecule has 5 rings (SSSR count). The molecule has 0 amide bonds. The van der Waals surface area contributed by atoms with Gasteiger partial charge in [-0.25, -0.2) is 19.6 Å². The molecule has 3 aromatic heterocycles. The van der Waals surface area contributed by atoms with Gasteiger partial charge in [0.25, 0.3) is 5.56 Å². The maximum atomic E-state index is 12.5. The van der Waals surface area contributed by atoms with Crippen LogP contribution in [0.3, 0.4) is 0 Å². The molecule has 36 heavy (non-hydrogen) atoms. The van der Waals surface area contributed by atoms with Gasteiger partial charge in [0.2, 0.25) is 0 Å². The van der Waals surface area contributed by atoms with Gasteiger partial charge in [-0.05, 0) is 70.1 Å². The Morgan fingerprint density at radius 1 is 0.972 bits per heavy atom. The second-order valence-electron chi connectivity index (χ2n) is 9.40. The monoisotopic (exact) mass is 482 g/mol. The van der Waals surface area contributed by atoms with E-state index in [1.165, 1.54) is 4.68 Å². The van der Waals surface area contributed by atoms with Crippen LogP contribution >= 0.6 is 0 Å². The molecule has 0 bridgehead atoms. The molecular weight excluding hydrogens is 452 g/mol.